The molecule has 0 atom stereocenters. The van der Waals surface area contributed by atoms with E-state index in [0.29, 0.717) is 10.7 Å². The molecule has 0 aliphatic heterocycles. The minimum absolute atomic E-state index is 0.0457. The molecular formula is C14H15ClF3N3O. The van der Waals surface area contributed by atoms with Gasteiger partial charge in [-0.15, -0.1) is 10.2 Å². The molecule has 1 aromatic carbocycles. The van der Waals surface area contributed by atoms with Gasteiger partial charge in [0.05, 0.1) is 17.3 Å². The lowest BCUT2D eigenvalue weighted by Crippen LogP contribution is -2.15. The van der Waals surface area contributed by atoms with Crippen LogP contribution in [-0.2, 0) is 18.1 Å². The fourth-order valence-electron chi connectivity index (χ4n) is 1.93. The maximum absolute atomic E-state index is 12.4. The van der Waals surface area contributed by atoms with Gasteiger partial charge in [0, 0.05) is 0 Å². The van der Waals surface area contributed by atoms with Gasteiger partial charge in [0.1, 0.15) is 0 Å². The van der Waals surface area contributed by atoms with Crippen LogP contribution in [0.3, 0.4) is 0 Å². The first-order valence-electron chi connectivity index (χ1n) is 6.51. The number of rotatable bonds is 3. The Kier molecular flexibility index (Phi) is 4.37. The molecule has 0 saturated carbocycles. The normalized spacial score (nSPS) is 12.5. The van der Waals surface area contributed by atoms with E-state index in [9.17, 15) is 13.2 Å². The van der Waals surface area contributed by atoms with Crippen molar-refractivity contribution in [3.05, 3.63) is 40.6 Å². The van der Waals surface area contributed by atoms with Gasteiger partial charge in [0.15, 0.2) is 0 Å². The Hall–Kier alpha value is -1.76. The number of nitrogens with one attached hydrogen (secondary N) is 1. The van der Waals surface area contributed by atoms with E-state index in [1.807, 2.05) is 32.9 Å². The second-order valence-corrected chi connectivity index (χ2v) is 6.17. The number of alkyl halides is 3. The number of halogens is 4. The number of aromatic nitrogens is 2. The van der Waals surface area contributed by atoms with Crippen LogP contribution in [0.25, 0.3) is 0 Å². The number of hydrogen-bond donors (Lipinski definition) is 1. The first-order valence-corrected chi connectivity index (χ1v) is 6.89. The van der Waals surface area contributed by atoms with Gasteiger partial charge >= 0.3 is 12.1 Å². The summed E-state index contributed by atoms with van der Waals surface area (Å²) in [6, 6.07) is 5.43. The van der Waals surface area contributed by atoms with Gasteiger partial charge in [-0.3, -0.25) is 0 Å². The van der Waals surface area contributed by atoms with Crippen LogP contribution in [0.2, 0.25) is 5.02 Å². The maximum Gasteiger partial charge on any atom is 0.470 e. The maximum atomic E-state index is 12.4. The van der Waals surface area contributed by atoms with E-state index in [-0.39, 0.29) is 17.9 Å². The molecule has 120 valence electrons. The van der Waals surface area contributed by atoms with Crippen LogP contribution < -0.4 is 5.32 Å². The summed E-state index contributed by atoms with van der Waals surface area (Å²) in [6.07, 6.45) is -4.65. The number of hydrogen-bond acceptors (Lipinski definition) is 4. The molecule has 0 spiro atoms. The van der Waals surface area contributed by atoms with Crippen LogP contribution in [0, 0.1) is 0 Å². The monoisotopic (exact) mass is 333 g/mol. The summed E-state index contributed by atoms with van der Waals surface area (Å²) in [4.78, 5) is 0. The largest absolute Gasteiger partial charge is 0.470 e. The number of anilines is 1. The van der Waals surface area contributed by atoms with Crippen LogP contribution in [0.4, 0.5) is 18.9 Å². The lowest BCUT2D eigenvalue weighted by atomic mass is 9.86. The summed E-state index contributed by atoms with van der Waals surface area (Å²) in [5, 5.41) is 9.80. The summed E-state index contributed by atoms with van der Waals surface area (Å²) in [5.41, 5.74) is 1.40. The minimum atomic E-state index is -4.65. The topological polar surface area (TPSA) is 51.0 Å². The van der Waals surface area contributed by atoms with E-state index in [1.165, 1.54) is 0 Å². The zero-order valence-electron chi connectivity index (χ0n) is 12.3. The third-order valence-electron chi connectivity index (χ3n) is 2.95. The van der Waals surface area contributed by atoms with E-state index in [4.69, 9.17) is 11.6 Å². The fraction of sp³-hybridized carbons (Fsp3) is 0.429. The summed E-state index contributed by atoms with van der Waals surface area (Å²) < 4.78 is 41.8. The zero-order valence-corrected chi connectivity index (χ0v) is 13.0. The van der Waals surface area contributed by atoms with Crippen molar-refractivity contribution in [3.63, 3.8) is 0 Å². The molecule has 1 N–H and O–H groups in total. The highest BCUT2D eigenvalue weighted by Crippen LogP contribution is 2.35. The SMILES string of the molecule is CC(C)(C)c1cccc(Cl)c1NCc1nnc(C(F)(F)F)o1. The van der Waals surface area contributed by atoms with Crippen molar-refractivity contribution in [2.75, 3.05) is 5.32 Å². The van der Waals surface area contributed by atoms with Crippen molar-refractivity contribution < 1.29 is 17.6 Å². The number of benzene rings is 1. The molecule has 0 fully saturated rings. The molecule has 1 aromatic heterocycles. The quantitative estimate of drug-likeness (QED) is 0.888. The van der Waals surface area contributed by atoms with Crippen LogP contribution in [-0.4, -0.2) is 10.2 Å². The van der Waals surface area contributed by atoms with Crippen LogP contribution in [0.1, 0.15) is 38.1 Å². The predicted octanol–water partition coefficient (Wildman–Crippen LogP) is 4.65. The molecule has 22 heavy (non-hydrogen) atoms. The van der Waals surface area contributed by atoms with Gasteiger partial charge in [-0.05, 0) is 17.0 Å². The average molecular weight is 334 g/mol. The van der Waals surface area contributed by atoms with E-state index in [0.717, 1.165) is 5.56 Å². The van der Waals surface area contributed by atoms with Gasteiger partial charge in [0.2, 0.25) is 5.89 Å². The van der Waals surface area contributed by atoms with E-state index < -0.39 is 12.1 Å². The Morgan fingerprint density at radius 1 is 1.18 bits per heavy atom. The smallest absolute Gasteiger partial charge is 0.415 e. The molecule has 0 aliphatic rings. The van der Waals surface area contributed by atoms with E-state index in [1.54, 1.807) is 6.07 Å². The van der Waals surface area contributed by atoms with Gasteiger partial charge in [0.25, 0.3) is 0 Å². The Morgan fingerprint density at radius 2 is 1.86 bits per heavy atom. The molecule has 4 nitrogen and oxygen atoms in total. The van der Waals surface area contributed by atoms with Crippen molar-refractivity contribution in [2.45, 2.75) is 38.9 Å². The first-order chi connectivity index (χ1) is 10.1. The molecule has 2 aromatic rings. The highest BCUT2D eigenvalue weighted by atomic mass is 35.5. The lowest BCUT2D eigenvalue weighted by Gasteiger charge is -2.24. The molecule has 0 radical (unpaired) electrons. The second-order valence-electron chi connectivity index (χ2n) is 5.76. The van der Waals surface area contributed by atoms with Crippen molar-refractivity contribution >= 4 is 17.3 Å². The summed E-state index contributed by atoms with van der Waals surface area (Å²) in [5.74, 6) is -1.52. The minimum Gasteiger partial charge on any atom is -0.415 e. The molecule has 2 rings (SSSR count). The fourth-order valence-corrected chi connectivity index (χ4v) is 2.17. The number of nitrogens with zero attached hydrogens (tertiary/aromatic N) is 2. The molecule has 0 saturated heterocycles. The van der Waals surface area contributed by atoms with Crippen LogP contribution >= 0.6 is 11.6 Å². The average Bonchev–Trinajstić information content (AvgIpc) is 2.84. The molecule has 0 bridgehead atoms. The Bertz CT molecular complexity index is 662. The van der Waals surface area contributed by atoms with Gasteiger partial charge in [-0.2, -0.15) is 13.2 Å². The molecule has 0 amide bonds. The second kappa shape index (κ2) is 5.79. The third kappa shape index (κ3) is 3.71. The van der Waals surface area contributed by atoms with Crippen molar-refractivity contribution in [1.29, 1.82) is 0 Å². The van der Waals surface area contributed by atoms with E-state index >= 15 is 0 Å². The van der Waals surface area contributed by atoms with Gasteiger partial charge in [-0.1, -0.05) is 44.5 Å². The third-order valence-corrected chi connectivity index (χ3v) is 3.26. The highest BCUT2D eigenvalue weighted by molar-refractivity contribution is 6.33. The predicted molar refractivity (Wildman–Crippen MR) is 76.8 cm³/mol. The molecule has 0 aliphatic carbocycles. The Morgan fingerprint density at radius 3 is 2.41 bits per heavy atom. The van der Waals surface area contributed by atoms with Crippen LogP contribution in [0.15, 0.2) is 22.6 Å². The zero-order chi connectivity index (χ0) is 16.5. The summed E-state index contributed by atoms with van der Waals surface area (Å²) >= 11 is 6.17. The Labute approximate surface area is 130 Å². The summed E-state index contributed by atoms with van der Waals surface area (Å²) in [7, 11) is 0. The van der Waals surface area contributed by atoms with Crippen LogP contribution in [0.5, 0.6) is 0 Å². The summed E-state index contributed by atoms with van der Waals surface area (Å²) in [6.45, 7) is 5.99. The number of para-hydroxylation sites is 1. The standard InChI is InChI=1S/C14H15ClF3N3O/c1-13(2,3)8-5-4-6-9(15)11(8)19-7-10-20-21-12(22-10)14(16,17)18/h4-6,19H,7H2,1-3H3. The molecule has 0 unspecified atom stereocenters. The lowest BCUT2D eigenvalue weighted by molar-refractivity contribution is -0.157. The van der Waals surface area contributed by atoms with Crippen molar-refractivity contribution in [2.24, 2.45) is 0 Å². The van der Waals surface area contributed by atoms with Crippen molar-refractivity contribution in [1.82, 2.24) is 10.2 Å². The van der Waals surface area contributed by atoms with Crippen molar-refractivity contribution in [3.8, 4) is 0 Å². The highest BCUT2D eigenvalue weighted by Gasteiger charge is 2.38. The Balaban J connectivity index is 2.20. The molecule has 8 heteroatoms. The molecular weight excluding hydrogens is 319 g/mol. The van der Waals surface area contributed by atoms with E-state index in [2.05, 4.69) is 19.9 Å². The first kappa shape index (κ1) is 16.6. The van der Waals surface area contributed by atoms with Gasteiger partial charge < -0.3 is 9.73 Å². The molecule has 1 heterocycles. The van der Waals surface area contributed by atoms with Gasteiger partial charge in [-0.25, -0.2) is 0 Å².